The number of hydrogen-bond acceptors (Lipinski definition) is 6. The molecule has 6 nitrogen and oxygen atoms in total. The van der Waals surface area contributed by atoms with Gasteiger partial charge in [0, 0.05) is 17.5 Å². The van der Waals surface area contributed by atoms with Gasteiger partial charge in [0.25, 0.3) is 0 Å². The molecule has 1 amide bonds. The van der Waals surface area contributed by atoms with Crippen LogP contribution in [0.1, 0.15) is 19.5 Å². The zero-order valence-corrected chi connectivity index (χ0v) is 16.9. The minimum atomic E-state index is -0.320. The largest absolute Gasteiger partial charge is 0.302 e. The maximum absolute atomic E-state index is 13.6. The molecular formula is C18H20FN5OS2. The number of halogens is 1. The van der Waals surface area contributed by atoms with Crippen molar-refractivity contribution in [3.63, 3.8) is 0 Å². The Balaban J connectivity index is 1.75. The lowest BCUT2D eigenvalue weighted by atomic mass is 10.2. The van der Waals surface area contributed by atoms with E-state index in [4.69, 9.17) is 0 Å². The monoisotopic (exact) mass is 405 g/mol. The number of benzene rings is 1. The van der Waals surface area contributed by atoms with Crippen molar-refractivity contribution in [2.45, 2.75) is 32.5 Å². The van der Waals surface area contributed by atoms with Gasteiger partial charge in [0.1, 0.15) is 5.82 Å². The Morgan fingerprint density at radius 3 is 2.85 bits per heavy atom. The molecule has 3 aromatic rings. The van der Waals surface area contributed by atoms with Crippen LogP contribution in [0.5, 0.6) is 0 Å². The molecule has 0 spiro atoms. The predicted molar refractivity (Wildman–Crippen MR) is 106 cm³/mol. The molecule has 2 heterocycles. The van der Waals surface area contributed by atoms with Gasteiger partial charge in [0.15, 0.2) is 16.1 Å². The third kappa shape index (κ3) is 5.14. The maximum Gasteiger partial charge on any atom is 0.236 e. The van der Waals surface area contributed by atoms with Gasteiger partial charge in [0.05, 0.1) is 11.4 Å². The summed E-state index contributed by atoms with van der Waals surface area (Å²) in [5.41, 5.74) is 1.54. The molecule has 0 aliphatic heterocycles. The number of anilines is 1. The lowest BCUT2D eigenvalue weighted by molar-refractivity contribution is -0.113. The van der Waals surface area contributed by atoms with E-state index in [1.165, 1.54) is 35.2 Å². The Kier molecular flexibility index (Phi) is 6.22. The molecule has 0 aliphatic rings. The summed E-state index contributed by atoms with van der Waals surface area (Å²) in [6.07, 6.45) is 0. The number of aryl methyl sites for hydroxylation is 1. The SMILES string of the molecule is Cc1csc(NC(=O)CSc2nnc(-c3cccc(F)c3)n2CC(C)C)n1. The number of thiazole rings is 1. The normalized spacial score (nSPS) is 11.1. The summed E-state index contributed by atoms with van der Waals surface area (Å²) in [7, 11) is 0. The van der Waals surface area contributed by atoms with E-state index in [1.807, 2.05) is 16.9 Å². The highest BCUT2D eigenvalue weighted by atomic mass is 32.2. The van der Waals surface area contributed by atoms with Crippen molar-refractivity contribution in [3.05, 3.63) is 41.2 Å². The van der Waals surface area contributed by atoms with Crippen LogP contribution in [0.25, 0.3) is 11.4 Å². The summed E-state index contributed by atoms with van der Waals surface area (Å²) in [6.45, 7) is 6.72. The second-order valence-electron chi connectivity index (χ2n) is 6.45. The quantitative estimate of drug-likeness (QED) is 0.596. The highest BCUT2D eigenvalue weighted by Gasteiger charge is 2.17. The molecule has 142 valence electrons. The van der Waals surface area contributed by atoms with Crippen LogP contribution in [0.15, 0.2) is 34.8 Å². The van der Waals surface area contributed by atoms with E-state index in [2.05, 4.69) is 34.3 Å². The van der Waals surface area contributed by atoms with Crippen LogP contribution in [0.4, 0.5) is 9.52 Å². The number of carbonyl (C=O) groups excluding carboxylic acids is 1. The minimum Gasteiger partial charge on any atom is -0.302 e. The standard InChI is InChI=1S/C18H20FN5OS2/c1-11(2)8-24-16(13-5-4-6-14(19)7-13)22-23-18(24)27-10-15(25)21-17-20-12(3)9-26-17/h4-7,9,11H,8,10H2,1-3H3,(H,20,21,25). The molecule has 0 bridgehead atoms. The molecule has 3 rings (SSSR count). The highest BCUT2D eigenvalue weighted by molar-refractivity contribution is 7.99. The van der Waals surface area contributed by atoms with E-state index < -0.39 is 0 Å². The van der Waals surface area contributed by atoms with E-state index in [-0.39, 0.29) is 17.5 Å². The Morgan fingerprint density at radius 1 is 1.37 bits per heavy atom. The van der Waals surface area contributed by atoms with E-state index >= 15 is 0 Å². The number of rotatable bonds is 7. The third-order valence-electron chi connectivity index (χ3n) is 3.55. The number of aromatic nitrogens is 4. The van der Waals surface area contributed by atoms with Crippen LogP contribution in [-0.4, -0.2) is 31.4 Å². The predicted octanol–water partition coefficient (Wildman–Crippen LogP) is 4.24. The van der Waals surface area contributed by atoms with Crippen molar-refractivity contribution >= 4 is 34.1 Å². The summed E-state index contributed by atoms with van der Waals surface area (Å²) < 4.78 is 15.5. The van der Waals surface area contributed by atoms with Gasteiger partial charge in [-0.3, -0.25) is 4.79 Å². The summed E-state index contributed by atoms with van der Waals surface area (Å²) in [5, 5.41) is 14.3. The second kappa shape index (κ2) is 8.62. The topological polar surface area (TPSA) is 72.7 Å². The fourth-order valence-electron chi connectivity index (χ4n) is 2.46. The molecule has 27 heavy (non-hydrogen) atoms. The number of carbonyl (C=O) groups is 1. The van der Waals surface area contributed by atoms with Gasteiger partial charge < -0.3 is 9.88 Å². The van der Waals surface area contributed by atoms with Crippen molar-refractivity contribution in [3.8, 4) is 11.4 Å². The highest BCUT2D eigenvalue weighted by Crippen LogP contribution is 2.26. The first-order chi connectivity index (χ1) is 12.9. The molecule has 0 radical (unpaired) electrons. The van der Waals surface area contributed by atoms with Crippen LogP contribution in [0.2, 0.25) is 0 Å². The lowest BCUT2D eigenvalue weighted by Gasteiger charge is -2.12. The van der Waals surface area contributed by atoms with E-state index in [0.29, 0.717) is 34.1 Å². The molecular weight excluding hydrogens is 385 g/mol. The molecule has 0 aliphatic carbocycles. The first kappa shape index (κ1) is 19.5. The Morgan fingerprint density at radius 2 is 2.19 bits per heavy atom. The molecule has 0 fully saturated rings. The zero-order valence-electron chi connectivity index (χ0n) is 15.3. The molecule has 9 heteroatoms. The number of nitrogens with one attached hydrogen (secondary N) is 1. The molecule has 0 unspecified atom stereocenters. The van der Waals surface area contributed by atoms with E-state index in [1.54, 1.807) is 12.1 Å². The number of hydrogen-bond donors (Lipinski definition) is 1. The Hall–Kier alpha value is -2.26. The summed E-state index contributed by atoms with van der Waals surface area (Å²) in [6, 6.07) is 6.28. The fourth-order valence-corrected chi connectivity index (χ4v) is 3.92. The number of amides is 1. The van der Waals surface area contributed by atoms with E-state index in [0.717, 1.165) is 5.69 Å². The van der Waals surface area contributed by atoms with Gasteiger partial charge in [-0.1, -0.05) is 37.7 Å². The van der Waals surface area contributed by atoms with Gasteiger partial charge in [0.2, 0.25) is 5.91 Å². The molecule has 2 aromatic heterocycles. The summed E-state index contributed by atoms with van der Waals surface area (Å²) in [5.74, 6) is 0.666. The van der Waals surface area contributed by atoms with Gasteiger partial charge in [-0.15, -0.1) is 21.5 Å². The number of nitrogens with zero attached hydrogens (tertiary/aromatic N) is 4. The Labute approximate surface area is 165 Å². The van der Waals surface area contributed by atoms with E-state index in [9.17, 15) is 9.18 Å². The molecule has 1 aromatic carbocycles. The summed E-state index contributed by atoms with van der Waals surface area (Å²) >= 11 is 2.70. The smallest absolute Gasteiger partial charge is 0.236 e. The fraction of sp³-hybridized carbons (Fsp3) is 0.333. The van der Waals surface area contributed by atoms with Crippen molar-refractivity contribution in [2.75, 3.05) is 11.1 Å². The molecule has 0 saturated carbocycles. The zero-order chi connectivity index (χ0) is 19.4. The van der Waals surface area contributed by atoms with Crippen LogP contribution >= 0.6 is 23.1 Å². The van der Waals surface area contributed by atoms with Crippen LogP contribution in [-0.2, 0) is 11.3 Å². The average Bonchev–Trinajstić information content (AvgIpc) is 3.19. The van der Waals surface area contributed by atoms with Crippen LogP contribution in [0.3, 0.4) is 0 Å². The van der Waals surface area contributed by atoms with Gasteiger partial charge in [-0.25, -0.2) is 9.37 Å². The Bertz CT molecular complexity index is 937. The van der Waals surface area contributed by atoms with Crippen molar-refractivity contribution in [2.24, 2.45) is 5.92 Å². The lowest BCUT2D eigenvalue weighted by Crippen LogP contribution is -2.15. The first-order valence-electron chi connectivity index (χ1n) is 8.46. The van der Waals surface area contributed by atoms with Gasteiger partial charge >= 0.3 is 0 Å². The van der Waals surface area contributed by atoms with Gasteiger partial charge in [-0.05, 0) is 25.0 Å². The van der Waals surface area contributed by atoms with Crippen LogP contribution < -0.4 is 5.32 Å². The molecule has 0 atom stereocenters. The van der Waals surface area contributed by atoms with Crippen LogP contribution in [0, 0.1) is 18.7 Å². The number of thioether (sulfide) groups is 1. The molecule has 0 saturated heterocycles. The average molecular weight is 406 g/mol. The van der Waals surface area contributed by atoms with Crippen molar-refractivity contribution in [1.82, 2.24) is 19.7 Å². The van der Waals surface area contributed by atoms with Crippen molar-refractivity contribution < 1.29 is 9.18 Å². The van der Waals surface area contributed by atoms with Gasteiger partial charge in [-0.2, -0.15) is 0 Å². The third-order valence-corrected chi connectivity index (χ3v) is 5.39. The summed E-state index contributed by atoms with van der Waals surface area (Å²) in [4.78, 5) is 16.4. The second-order valence-corrected chi connectivity index (χ2v) is 8.25. The first-order valence-corrected chi connectivity index (χ1v) is 10.3. The minimum absolute atomic E-state index is 0.152. The maximum atomic E-state index is 13.6. The van der Waals surface area contributed by atoms with Crippen molar-refractivity contribution in [1.29, 1.82) is 0 Å². The molecule has 1 N–H and O–H groups in total.